The molecule has 21 heavy (non-hydrogen) atoms. The van der Waals surface area contributed by atoms with Gasteiger partial charge in [-0.05, 0) is 30.2 Å². The molecule has 2 rings (SSSR count). The Kier molecular flexibility index (Phi) is 5.21. The van der Waals surface area contributed by atoms with Crippen molar-refractivity contribution in [2.45, 2.75) is 13.5 Å². The minimum Gasteiger partial charge on any atom is -0.493 e. The molecular formula is C17H19NO3. The third kappa shape index (κ3) is 4.24. The van der Waals surface area contributed by atoms with Crippen molar-refractivity contribution in [2.24, 2.45) is 0 Å². The smallest absolute Gasteiger partial charge is 0.258 e. The first kappa shape index (κ1) is 14.9. The molecule has 2 aromatic rings. The summed E-state index contributed by atoms with van der Waals surface area (Å²) < 4.78 is 10.6. The highest BCUT2D eigenvalue weighted by Crippen LogP contribution is 2.25. The zero-order valence-electron chi connectivity index (χ0n) is 12.3. The number of carbonyl (C=O) groups is 1. The summed E-state index contributed by atoms with van der Waals surface area (Å²) in [6.07, 6.45) is 0. The first-order valence-corrected chi connectivity index (χ1v) is 6.77. The molecule has 110 valence electrons. The fourth-order valence-corrected chi connectivity index (χ4v) is 1.93. The zero-order chi connectivity index (χ0) is 15.1. The largest absolute Gasteiger partial charge is 0.493 e. The highest BCUT2D eigenvalue weighted by molar-refractivity contribution is 5.77. The van der Waals surface area contributed by atoms with E-state index in [4.69, 9.17) is 9.47 Å². The van der Waals surface area contributed by atoms with Crippen LogP contribution in [0.4, 0.5) is 0 Å². The maximum absolute atomic E-state index is 11.8. The van der Waals surface area contributed by atoms with Crippen molar-refractivity contribution in [2.75, 3.05) is 13.7 Å². The second kappa shape index (κ2) is 7.33. The molecule has 0 saturated heterocycles. The number of para-hydroxylation sites is 2. The summed E-state index contributed by atoms with van der Waals surface area (Å²) in [5.74, 6) is 1.01. The summed E-state index contributed by atoms with van der Waals surface area (Å²) in [5.41, 5.74) is 2.26. The fraction of sp³-hybridized carbons (Fsp3) is 0.235. The topological polar surface area (TPSA) is 47.6 Å². The van der Waals surface area contributed by atoms with Gasteiger partial charge in [0.05, 0.1) is 7.11 Å². The summed E-state index contributed by atoms with van der Waals surface area (Å²) >= 11 is 0. The summed E-state index contributed by atoms with van der Waals surface area (Å²) in [5, 5.41) is 2.84. The normalized spacial score (nSPS) is 10.0. The van der Waals surface area contributed by atoms with Gasteiger partial charge in [0.25, 0.3) is 5.91 Å². The van der Waals surface area contributed by atoms with E-state index in [-0.39, 0.29) is 12.5 Å². The van der Waals surface area contributed by atoms with Crippen LogP contribution in [-0.2, 0) is 11.3 Å². The standard InChI is InChI=1S/C17H19NO3/c1-13-7-3-4-8-14(13)11-18-17(19)12-21-16-10-6-5-9-15(16)20-2/h3-10H,11-12H2,1-2H3,(H,18,19). The third-order valence-corrected chi connectivity index (χ3v) is 3.17. The minimum absolute atomic E-state index is 0.0355. The van der Waals surface area contributed by atoms with Crippen molar-refractivity contribution in [3.63, 3.8) is 0 Å². The molecule has 0 radical (unpaired) electrons. The van der Waals surface area contributed by atoms with Gasteiger partial charge < -0.3 is 14.8 Å². The molecule has 0 heterocycles. The van der Waals surface area contributed by atoms with E-state index < -0.39 is 0 Å². The number of hydrogen-bond donors (Lipinski definition) is 1. The number of carbonyl (C=O) groups excluding carboxylic acids is 1. The molecule has 0 fully saturated rings. The number of aryl methyl sites for hydroxylation is 1. The number of nitrogens with one attached hydrogen (secondary N) is 1. The van der Waals surface area contributed by atoms with Crippen molar-refractivity contribution < 1.29 is 14.3 Å². The number of rotatable bonds is 6. The van der Waals surface area contributed by atoms with Crippen molar-refractivity contribution in [1.29, 1.82) is 0 Å². The Morgan fingerprint density at radius 3 is 2.43 bits per heavy atom. The zero-order valence-corrected chi connectivity index (χ0v) is 12.3. The molecule has 0 unspecified atom stereocenters. The van der Waals surface area contributed by atoms with Gasteiger partial charge in [-0.25, -0.2) is 0 Å². The van der Waals surface area contributed by atoms with Gasteiger partial charge in [-0.3, -0.25) is 4.79 Å². The first-order chi connectivity index (χ1) is 10.2. The lowest BCUT2D eigenvalue weighted by Crippen LogP contribution is -2.28. The molecular weight excluding hydrogens is 266 g/mol. The van der Waals surface area contributed by atoms with Crippen LogP contribution in [0.1, 0.15) is 11.1 Å². The van der Waals surface area contributed by atoms with E-state index in [9.17, 15) is 4.79 Å². The van der Waals surface area contributed by atoms with Crippen LogP contribution in [0.25, 0.3) is 0 Å². The van der Waals surface area contributed by atoms with Crippen LogP contribution >= 0.6 is 0 Å². The van der Waals surface area contributed by atoms with E-state index in [1.807, 2.05) is 43.3 Å². The predicted octanol–water partition coefficient (Wildman–Crippen LogP) is 2.70. The Bertz CT molecular complexity index is 610. The Balaban J connectivity index is 1.84. The Morgan fingerprint density at radius 1 is 1.05 bits per heavy atom. The highest BCUT2D eigenvalue weighted by Gasteiger charge is 2.07. The number of methoxy groups -OCH3 is 1. The molecule has 0 atom stereocenters. The van der Waals surface area contributed by atoms with Crippen LogP contribution < -0.4 is 14.8 Å². The van der Waals surface area contributed by atoms with Gasteiger partial charge in [-0.2, -0.15) is 0 Å². The van der Waals surface area contributed by atoms with Crippen LogP contribution in [0.3, 0.4) is 0 Å². The number of ether oxygens (including phenoxy) is 2. The molecule has 0 aliphatic heterocycles. The van der Waals surface area contributed by atoms with Gasteiger partial charge in [0.2, 0.25) is 0 Å². The molecule has 0 aromatic heterocycles. The van der Waals surface area contributed by atoms with Crippen LogP contribution in [0.2, 0.25) is 0 Å². The van der Waals surface area contributed by atoms with Crippen LogP contribution in [0.5, 0.6) is 11.5 Å². The Hall–Kier alpha value is -2.49. The van der Waals surface area contributed by atoms with E-state index in [0.717, 1.165) is 11.1 Å². The van der Waals surface area contributed by atoms with Gasteiger partial charge in [0, 0.05) is 6.54 Å². The Morgan fingerprint density at radius 2 is 1.71 bits per heavy atom. The molecule has 0 spiro atoms. The van der Waals surface area contributed by atoms with Gasteiger partial charge >= 0.3 is 0 Å². The summed E-state index contributed by atoms with van der Waals surface area (Å²) in [7, 11) is 1.57. The van der Waals surface area contributed by atoms with Gasteiger partial charge in [0.1, 0.15) is 0 Å². The van der Waals surface area contributed by atoms with Crippen LogP contribution in [-0.4, -0.2) is 19.6 Å². The van der Waals surface area contributed by atoms with Crippen molar-refractivity contribution in [1.82, 2.24) is 5.32 Å². The highest BCUT2D eigenvalue weighted by atomic mass is 16.5. The summed E-state index contributed by atoms with van der Waals surface area (Å²) in [6.45, 7) is 2.49. The maximum Gasteiger partial charge on any atom is 0.258 e. The molecule has 4 heteroatoms. The van der Waals surface area contributed by atoms with Gasteiger partial charge in [-0.15, -0.1) is 0 Å². The second-order valence-corrected chi connectivity index (χ2v) is 4.64. The Labute approximate surface area is 124 Å². The molecule has 4 nitrogen and oxygen atoms in total. The predicted molar refractivity (Wildman–Crippen MR) is 81.5 cm³/mol. The van der Waals surface area contributed by atoms with Gasteiger partial charge in [0.15, 0.2) is 18.1 Å². The van der Waals surface area contributed by atoms with Crippen molar-refractivity contribution >= 4 is 5.91 Å². The second-order valence-electron chi connectivity index (χ2n) is 4.64. The number of hydrogen-bond acceptors (Lipinski definition) is 3. The summed E-state index contributed by atoms with van der Waals surface area (Å²) in [4.78, 5) is 11.8. The average molecular weight is 285 g/mol. The van der Waals surface area contributed by atoms with Gasteiger partial charge in [-0.1, -0.05) is 36.4 Å². The van der Waals surface area contributed by atoms with E-state index >= 15 is 0 Å². The number of amides is 1. The maximum atomic E-state index is 11.8. The lowest BCUT2D eigenvalue weighted by molar-refractivity contribution is -0.123. The van der Waals surface area contributed by atoms with E-state index in [1.165, 1.54) is 0 Å². The molecule has 0 aliphatic carbocycles. The number of benzene rings is 2. The molecule has 1 amide bonds. The summed E-state index contributed by atoms with van der Waals surface area (Å²) in [6, 6.07) is 15.2. The van der Waals surface area contributed by atoms with Crippen LogP contribution in [0, 0.1) is 6.92 Å². The van der Waals surface area contributed by atoms with E-state index in [0.29, 0.717) is 18.0 Å². The third-order valence-electron chi connectivity index (χ3n) is 3.17. The van der Waals surface area contributed by atoms with Crippen LogP contribution in [0.15, 0.2) is 48.5 Å². The van der Waals surface area contributed by atoms with E-state index in [2.05, 4.69) is 5.32 Å². The molecule has 0 saturated carbocycles. The first-order valence-electron chi connectivity index (χ1n) is 6.77. The quantitative estimate of drug-likeness (QED) is 0.887. The fourth-order valence-electron chi connectivity index (χ4n) is 1.93. The molecule has 0 bridgehead atoms. The van der Waals surface area contributed by atoms with Crippen molar-refractivity contribution in [3.05, 3.63) is 59.7 Å². The monoisotopic (exact) mass is 285 g/mol. The van der Waals surface area contributed by atoms with E-state index in [1.54, 1.807) is 19.2 Å². The van der Waals surface area contributed by atoms with Crippen molar-refractivity contribution in [3.8, 4) is 11.5 Å². The average Bonchev–Trinajstić information content (AvgIpc) is 2.52. The lowest BCUT2D eigenvalue weighted by Gasteiger charge is -2.11. The lowest BCUT2D eigenvalue weighted by atomic mass is 10.1. The molecule has 2 aromatic carbocycles. The molecule has 0 aliphatic rings. The minimum atomic E-state index is -0.163. The SMILES string of the molecule is COc1ccccc1OCC(=O)NCc1ccccc1C. The molecule has 1 N–H and O–H groups in total.